The number of para-hydroxylation sites is 1. The minimum absolute atomic E-state index is 0.353. The number of carbonyl (C=O) groups excluding carboxylic acids is 2. The lowest BCUT2D eigenvalue weighted by Crippen LogP contribution is -2.32. The predicted molar refractivity (Wildman–Crippen MR) is 106 cm³/mol. The molecule has 1 amide bonds. The summed E-state index contributed by atoms with van der Waals surface area (Å²) < 4.78 is 49.4. The molecule has 0 aliphatic carbocycles. The SMILES string of the molecule is Cc1cc(OCC(=O)O[C@H](C)C(=O)Nc2ccccc2C(F)(F)F)ccc1C(C)C. The summed E-state index contributed by atoms with van der Waals surface area (Å²) in [7, 11) is 0. The van der Waals surface area contributed by atoms with Crippen LogP contribution in [0.15, 0.2) is 42.5 Å². The number of benzene rings is 2. The van der Waals surface area contributed by atoms with Crippen LogP contribution in [-0.4, -0.2) is 24.6 Å². The smallest absolute Gasteiger partial charge is 0.418 e. The highest BCUT2D eigenvalue weighted by Crippen LogP contribution is 2.34. The molecule has 8 heteroatoms. The summed E-state index contributed by atoms with van der Waals surface area (Å²) in [5.74, 6) is -0.861. The van der Waals surface area contributed by atoms with E-state index in [1.54, 1.807) is 12.1 Å². The minimum Gasteiger partial charge on any atom is -0.482 e. The predicted octanol–water partition coefficient (Wildman–Crippen LogP) is 5.09. The summed E-state index contributed by atoms with van der Waals surface area (Å²) in [5, 5.41) is 2.14. The van der Waals surface area contributed by atoms with Gasteiger partial charge in [0.2, 0.25) is 0 Å². The zero-order valence-corrected chi connectivity index (χ0v) is 17.2. The minimum atomic E-state index is -4.62. The van der Waals surface area contributed by atoms with Gasteiger partial charge in [-0.3, -0.25) is 4.79 Å². The molecule has 0 aliphatic heterocycles. The second-order valence-corrected chi connectivity index (χ2v) is 7.13. The molecule has 0 bridgehead atoms. The standard InChI is InChI=1S/C22H24F3NO4/c1-13(2)17-10-9-16(11-14(17)3)29-12-20(27)30-15(4)21(28)26-19-8-6-5-7-18(19)22(23,24)25/h5-11,13,15H,12H2,1-4H3,(H,26,28)/t15-/m1/s1. The van der Waals surface area contributed by atoms with Crippen molar-refractivity contribution in [2.24, 2.45) is 0 Å². The maximum atomic E-state index is 13.0. The number of hydrogen-bond acceptors (Lipinski definition) is 4. The Morgan fingerprint density at radius 1 is 1.07 bits per heavy atom. The van der Waals surface area contributed by atoms with Gasteiger partial charge in [-0.15, -0.1) is 0 Å². The highest BCUT2D eigenvalue weighted by Gasteiger charge is 2.34. The first-order chi connectivity index (χ1) is 14.0. The van der Waals surface area contributed by atoms with Crippen molar-refractivity contribution in [2.75, 3.05) is 11.9 Å². The van der Waals surface area contributed by atoms with Crippen LogP contribution in [-0.2, 0) is 20.5 Å². The molecule has 0 saturated heterocycles. The second-order valence-electron chi connectivity index (χ2n) is 7.13. The fraction of sp³-hybridized carbons (Fsp3) is 0.364. The van der Waals surface area contributed by atoms with Gasteiger partial charge in [-0.2, -0.15) is 13.2 Å². The van der Waals surface area contributed by atoms with Gasteiger partial charge in [-0.1, -0.05) is 32.0 Å². The first-order valence-electron chi connectivity index (χ1n) is 9.39. The van der Waals surface area contributed by atoms with Crippen molar-refractivity contribution in [1.29, 1.82) is 0 Å². The molecule has 5 nitrogen and oxygen atoms in total. The molecule has 2 rings (SSSR count). The molecule has 0 aliphatic rings. The number of hydrogen-bond donors (Lipinski definition) is 1. The summed E-state index contributed by atoms with van der Waals surface area (Å²) in [5.41, 5.74) is 0.789. The van der Waals surface area contributed by atoms with Crippen molar-refractivity contribution < 1.29 is 32.2 Å². The van der Waals surface area contributed by atoms with Crippen molar-refractivity contribution in [1.82, 2.24) is 0 Å². The van der Waals surface area contributed by atoms with Crippen LogP contribution in [0.5, 0.6) is 5.75 Å². The Hall–Kier alpha value is -3.03. The number of alkyl halides is 3. The summed E-state index contributed by atoms with van der Waals surface area (Å²) in [6.07, 6.45) is -5.92. The zero-order valence-electron chi connectivity index (χ0n) is 17.2. The van der Waals surface area contributed by atoms with Gasteiger partial charge in [0.05, 0.1) is 11.3 Å². The average Bonchev–Trinajstić information content (AvgIpc) is 2.65. The molecular formula is C22H24F3NO4. The van der Waals surface area contributed by atoms with Crippen LogP contribution in [0.1, 0.15) is 43.4 Å². The van der Waals surface area contributed by atoms with Crippen molar-refractivity contribution in [2.45, 2.75) is 45.9 Å². The van der Waals surface area contributed by atoms with E-state index >= 15 is 0 Å². The van der Waals surface area contributed by atoms with Crippen molar-refractivity contribution >= 4 is 17.6 Å². The van der Waals surface area contributed by atoms with Crippen LogP contribution >= 0.6 is 0 Å². The number of esters is 1. The molecule has 0 unspecified atom stereocenters. The first-order valence-corrected chi connectivity index (χ1v) is 9.39. The van der Waals surface area contributed by atoms with Crippen molar-refractivity contribution in [3.63, 3.8) is 0 Å². The Bertz CT molecular complexity index is 909. The van der Waals surface area contributed by atoms with E-state index in [0.717, 1.165) is 23.3 Å². The van der Waals surface area contributed by atoms with E-state index in [2.05, 4.69) is 19.2 Å². The topological polar surface area (TPSA) is 64.6 Å². The van der Waals surface area contributed by atoms with E-state index in [-0.39, 0.29) is 0 Å². The van der Waals surface area contributed by atoms with Crippen LogP contribution < -0.4 is 10.1 Å². The molecule has 30 heavy (non-hydrogen) atoms. The molecule has 2 aromatic carbocycles. The van der Waals surface area contributed by atoms with Crippen LogP contribution in [0.25, 0.3) is 0 Å². The van der Waals surface area contributed by atoms with Gasteiger partial charge in [0.15, 0.2) is 12.7 Å². The number of ether oxygens (including phenoxy) is 2. The van der Waals surface area contributed by atoms with Crippen LogP contribution in [0, 0.1) is 6.92 Å². The molecule has 162 valence electrons. The Morgan fingerprint density at radius 3 is 2.33 bits per heavy atom. The number of halogens is 3. The Morgan fingerprint density at radius 2 is 1.73 bits per heavy atom. The number of carbonyl (C=O) groups is 2. The lowest BCUT2D eigenvalue weighted by atomic mass is 9.98. The van der Waals surface area contributed by atoms with Gasteiger partial charge in [-0.25, -0.2) is 4.79 Å². The van der Waals surface area contributed by atoms with Gasteiger partial charge >= 0.3 is 12.1 Å². The lowest BCUT2D eigenvalue weighted by Gasteiger charge is -2.17. The Kier molecular flexibility index (Phi) is 7.48. The van der Waals surface area contributed by atoms with Crippen LogP contribution in [0.3, 0.4) is 0 Å². The molecule has 0 aromatic heterocycles. The summed E-state index contributed by atoms with van der Waals surface area (Å²) >= 11 is 0. The largest absolute Gasteiger partial charge is 0.482 e. The Balaban J connectivity index is 1.92. The van der Waals surface area contributed by atoms with Crippen molar-refractivity contribution in [3.8, 4) is 5.75 Å². The van der Waals surface area contributed by atoms with E-state index in [9.17, 15) is 22.8 Å². The number of aryl methyl sites for hydroxylation is 1. The molecular weight excluding hydrogens is 399 g/mol. The highest BCUT2D eigenvalue weighted by molar-refractivity contribution is 5.95. The fourth-order valence-electron chi connectivity index (χ4n) is 2.89. The third-order valence-electron chi connectivity index (χ3n) is 4.39. The lowest BCUT2D eigenvalue weighted by molar-refractivity contribution is -0.155. The number of amides is 1. The maximum Gasteiger partial charge on any atom is 0.418 e. The number of nitrogens with one attached hydrogen (secondary N) is 1. The molecule has 1 N–H and O–H groups in total. The van der Waals surface area contributed by atoms with E-state index in [4.69, 9.17) is 9.47 Å². The van der Waals surface area contributed by atoms with E-state index in [0.29, 0.717) is 11.7 Å². The van der Waals surface area contributed by atoms with E-state index in [1.807, 2.05) is 13.0 Å². The van der Waals surface area contributed by atoms with Crippen molar-refractivity contribution in [3.05, 3.63) is 59.2 Å². The molecule has 1 atom stereocenters. The van der Waals surface area contributed by atoms with E-state index < -0.39 is 42.0 Å². The van der Waals surface area contributed by atoms with Crippen LogP contribution in [0.2, 0.25) is 0 Å². The van der Waals surface area contributed by atoms with Gasteiger partial charge in [0.25, 0.3) is 5.91 Å². The highest BCUT2D eigenvalue weighted by atomic mass is 19.4. The van der Waals surface area contributed by atoms with E-state index in [1.165, 1.54) is 19.1 Å². The number of rotatable bonds is 7. The summed E-state index contributed by atoms with van der Waals surface area (Å²) in [4.78, 5) is 24.1. The normalized spacial score (nSPS) is 12.4. The summed E-state index contributed by atoms with van der Waals surface area (Å²) in [6.45, 7) is 6.91. The monoisotopic (exact) mass is 423 g/mol. The Labute approximate surface area is 173 Å². The quantitative estimate of drug-likeness (QED) is 0.631. The zero-order chi connectivity index (χ0) is 22.5. The first kappa shape index (κ1) is 23.3. The average molecular weight is 423 g/mol. The maximum absolute atomic E-state index is 13.0. The van der Waals surface area contributed by atoms with Gasteiger partial charge in [0, 0.05) is 0 Å². The van der Waals surface area contributed by atoms with Gasteiger partial charge in [0.1, 0.15) is 5.75 Å². The third kappa shape index (κ3) is 6.23. The molecule has 0 saturated carbocycles. The fourth-order valence-corrected chi connectivity index (χ4v) is 2.89. The molecule has 0 radical (unpaired) electrons. The summed E-state index contributed by atoms with van der Waals surface area (Å²) in [6, 6.07) is 10.0. The molecule has 0 heterocycles. The molecule has 2 aromatic rings. The van der Waals surface area contributed by atoms with Crippen LogP contribution in [0.4, 0.5) is 18.9 Å². The van der Waals surface area contributed by atoms with Gasteiger partial charge in [-0.05, 0) is 55.2 Å². The third-order valence-corrected chi connectivity index (χ3v) is 4.39. The van der Waals surface area contributed by atoms with Gasteiger partial charge < -0.3 is 14.8 Å². The molecule has 0 fully saturated rings. The second kappa shape index (κ2) is 9.65. The number of anilines is 1. The molecule has 0 spiro atoms.